The molecule has 2 N–H and O–H groups in total. The highest BCUT2D eigenvalue weighted by Gasteiger charge is 2.10. The van der Waals surface area contributed by atoms with Crippen LogP contribution < -0.4 is 10.6 Å². The lowest BCUT2D eigenvalue weighted by Crippen LogP contribution is -2.05. The van der Waals surface area contributed by atoms with E-state index < -0.39 is 0 Å². The maximum Gasteiger partial charge on any atom is 0.150 e. The van der Waals surface area contributed by atoms with Crippen molar-refractivity contribution >= 4 is 44.9 Å². The molecular weight excluding hydrogens is 347 g/mol. The zero-order chi connectivity index (χ0) is 14.5. The average Bonchev–Trinajstić information content (AvgIpc) is 2.42. The molecule has 0 amide bonds. The summed E-state index contributed by atoms with van der Waals surface area (Å²) < 4.78 is 13.7. The fraction of sp³-hybridized carbons (Fsp3) is 0.231. The molecule has 1 aromatic heterocycles. The first-order valence-electron chi connectivity index (χ1n) is 6.08. The molecule has 0 spiro atoms. The third kappa shape index (κ3) is 3.58. The summed E-state index contributed by atoms with van der Waals surface area (Å²) in [6.45, 7) is 2.88. The first-order valence-corrected chi connectivity index (χ1v) is 7.25. The molecule has 2 rings (SSSR count). The third-order valence-electron chi connectivity index (χ3n) is 2.52. The lowest BCUT2D eigenvalue weighted by molar-refractivity contribution is 0.628. The summed E-state index contributed by atoms with van der Waals surface area (Å²) in [7, 11) is 0. The molecule has 0 radical (unpaired) electrons. The normalized spacial score (nSPS) is 10.4. The van der Waals surface area contributed by atoms with Gasteiger partial charge in [0.2, 0.25) is 0 Å². The Morgan fingerprint density at radius 3 is 2.75 bits per heavy atom. The second kappa shape index (κ2) is 6.85. The predicted molar refractivity (Wildman–Crippen MR) is 83.2 cm³/mol. The number of benzene rings is 1. The number of hydrogen-bond acceptors (Lipinski definition) is 4. The Balaban J connectivity index is 2.24. The molecule has 0 bridgehead atoms. The summed E-state index contributed by atoms with van der Waals surface area (Å²) in [5.74, 6) is 0.877. The maximum absolute atomic E-state index is 13.0. The van der Waals surface area contributed by atoms with Crippen LogP contribution in [0.4, 0.5) is 21.7 Å². The molecule has 0 aliphatic rings. The van der Waals surface area contributed by atoms with Gasteiger partial charge in [-0.1, -0.05) is 18.5 Å². The lowest BCUT2D eigenvalue weighted by Gasteiger charge is -2.12. The van der Waals surface area contributed by atoms with Crippen molar-refractivity contribution < 1.29 is 4.39 Å². The highest BCUT2D eigenvalue weighted by Crippen LogP contribution is 2.31. The van der Waals surface area contributed by atoms with E-state index in [1.54, 1.807) is 6.07 Å². The second-order valence-electron chi connectivity index (χ2n) is 4.06. The van der Waals surface area contributed by atoms with Crippen LogP contribution in [0.15, 0.2) is 29.0 Å². The van der Waals surface area contributed by atoms with Gasteiger partial charge in [-0.2, -0.15) is 0 Å². The summed E-state index contributed by atoms with van der Waals surface area (Å²) in [6, 6.07) is 4.14. The van der Waals surface area contributed by atoms with Crippen molar-refractivity contribution in [1.29, 1.82) is 0 Å². The Hall–Kier alpha value is -1.40. The monoisotopic (exact) mass is 358 g/mol. The number of nitrogens with zero attached hydrogens (tertiary/aromatic N) is 2. The van der Waals surface area contributed by atoms with E-state index in [4.69, 9.17) is 11.6 Å². The van der Waals surface area contributed by atoms with Crippen molar-refractivity contribution in [2.45, 2.75) is 13.3 Å². The number of halogens is 3. The van der Waals surface area contributed by atoms with Crippen LogP contribution >= 0.6 is 27.5 Å². The molecule has 2 aromatic rings. The van der Waals surface area contributed by atoms with E-state index in [2.05, 4.69) is 43.5 Å². The highest BCUT2D eigenvalue weighted by atomic mass is 79.9. The molecule has 7 heteroatoms. The first-order chi connectivity index (χ1) is 9.61. The molecule has 4 nitrogen and oxygen atoms in total. The number of nitrogens with one attached hydrogen (secondary N) is 2. The molecule has 1 heterocycles. The molecular formula is C13H13BrClFN4. The largest absolute Gasteiger partial charge is 0.369 e. The van der Waals surface area contributed by atoms with Gasteiger partial charge >= 0.3 is 0 Å². The standard InChI is InChI=1S/C13H13BrClFN4/c1-2-5-17-12-11(14)13(19-7-18-12)20-10-4-3-8(16)6-9(10)15/h3-4,6-7H,2,5H2,1H3,(H2,17,18,19,20). The fourth-order valence-corrected chi connectivity index (χ4v) is 2.20. The van der Waals surface area contributed by atoms with E-state index in [1.807, 2.05) is 0 Å². The van der Waals surface area contributed by atoms with Crippen molar-refractivity contribution in [3.05, 3.63) is 39.8 Å². The van der Waals surface area contributed by atoms with Crippen molar-refractivity contribution in [2.24, 2.45) is 0 Å². The molecule has 0 saturated carbocycles. The quantitative estimate of drug-likeness (QED) is 0.819. The summed E-state index contributed by atoms with van der Waals surface area (Å²) in [5.41, 5.74) is 0.578. The minimum absolute atomic E-state index is 0.290. The summed E-state index contributed by atoms with van der Waals surface area (Å²) in [6.07, 6.45) is 2.44. The van der Waals surface area contributed by atoms with Crippen molar-refractivity contribution in [1.82, 2.24) is 9.97 Å². The SMILES string of the molecule is CCCNc1ncnc(Nc2ccc(F)cc2Cl)c1Br. The van der Waals surface area contributed by atoms with Crippen LogP contribution in [0.3, 0.4) is 0 Å². The van der Waals surface area contributed by atoms with Gasteiger partial charge in [-0.15, -0.1) is 0 Å². The minimum atomic E-state index is -0.382. The Bertz CT molecular complexity index is 609. The van der Waals surface area contributed by atoms with Gasteiger partial charge in [0.1, 0.15) is 28.3 Å². The molecule has 0 unspecified atom stereocenters. The van der Waals surface area contributed by atoms with Crippen LogP contribution in [0.2, 0.25) is 5.02 Å². The van der Waals surface area contributed by atoms with Crippen LogP contribution in [-0.2, 0) is 0 Å². The van der Waals surface area contributed by atoms with Crippen LogP contribution in [0.5, 0.6) is 0 Å². The van der Waals surface area contributed by atoms with Crippen molar-refractivity contribution in [2.75, 3.05) is 17.2 Å². The zero-order valence-corrected chi connectivity index (χ0v) is 13.1. The van der Waals surface area contributed by atoms with E-state index in [9.17, 15) is 4.39 Å². The Morgan fingerprint density at radius 1 is 1.30 bits per heavy atom. The number of anilines is 3. The number of aromatic nitrogens is 2. The summed E-state index contributed by atoms with van der Waals surface area (Å²) >= 11 is 9.42. The van der Waals surface area contributed by atoms with Gasteiger partial charge in [-0.25, -0.2) is 14.4 Å². The molecule has 0 saturated heterocycles. The average molecular weight is 360 g/mol. The molecule has 20 heavy (non-hydrogen) atoms. The lowest BCUT2D eigenvalue weighted by atomic mass is 10.3. The summed E-state index contributed by atoms with van der Waals surface area (Å²) in [4.78, 5) is 8.30. The van der Waals surface area contributed by atoms with Crippen molar-refractivity contribution in [3.8, 4) is 0 Å². The van der Waals surface area contributed by atoms with Gasteiger partial charge in [0.25, 0.3) is 0 Å². The number of hydrogen-bond donors (Lipinski definition) is 2. The van der Waals surface area contributed by atoms with Crippen LogP contribution in [0.1, 0.15) is 13.3 Å². The van der Waals surface area contributed by atoms with Gasteiger partial charge in [0, 0.05) is 6.54 Å². The summed E-state index contributed by atoms with van der Waals surface area (Å²) in [5, 5.41) is 6.52. The topological polar surface area (TPSA) is 49.8 Å². The smallest absolute Gasteiger partial charge is 0.150 e. The second-order valence-corrected chi connectivity index (χ2v) is 5.26. The van der Waals surface area contributed by atoms with E-state index in [1.165, 1.54) is 18.5 Å². The van der Waals surface area contributed by atoms with E-state index in [0.717, 1.165) is 13.0 Å². The van der Waals surface area contributed by atoms with E-state index >= 15 is 0 Å². The Morgan fingerprint density at radius 2 is 2.05 bits per heavy atom. The van der Waals surface area contributed by atoms with E-state index in [-0.39, 0.29) is 5.82 Å². The Labute approximate surface area is 129 Å². The fourth-order valence-electron chi connectivity index (χ4n) is 1.54. The molecule has 106 valence electrons. The van der Waals surface area contributed by atoms with E-state index in [0.29, 0.717) is 26.8 Å². The van der Waals surface area contributed by atoms with Gasteiger partial charge < -0.3 is 10.6 Å². The minimum Gasteiger partial charge on any atom is -0.369 e. The van der Waals surface area contributed by atoms with Gasteiger partial charge in [-0.3, -0.25) is 0 Å². The highest BCUT2D eigenvalue weighted by molar-refractivity contribution is 9.10. The maximum atomic E-state index is 13.0. The van der Waals surface area contributed by atoms with Crippen LogP contribution in [0.25, 0.3) is 0 Å². The van der Waals surface area contributed by atoms with Crippen LogP contribution in [0, 0.1) is 5.82 Å². The molecule has 0 aliphatic carbocycles. The van der Waals surface area contributed by atoms with Gasteiger partial charge in [0.15, 0.2) is 0 Å². The molecule has 0 aliphatic heterocycles. The zero-order valence-electron chi connectivity index (χ0n) is 10.8. The van der Waals surface area contributed by atoms with Gasteiger partial charge in [0.05, 0.1) is 10.7 Å². The predicted octanol–water partition coefficient (Wildman–Crippen LogP) is 4.60. The Kier molecular flexibility index (Phi) is 5.14. The molecule has 1 aromatic carbocycles. The first kappa shape index (κ1) is 15.0. The molecule has 0 atom stereocenters. The third-order valence-corrected chi connectivity index (χ3v) is 3.58. The molecule has 0 fully saturated rings. The van der Waals surface area contributed by atoms with Gasteiger partial charge in [-0.05, 0) is 40.5 Å². The van der Waals surface area contributed by atoms with Crippen molar-refractivity contribution in [3.63, 3.8) is 0 Å². The number of rotatable bonds is 5. The van der Waals surface area contributed by atoms with Crippen LogP contribution in [-0.4, -0.2) is 16.5 Å².